The Kier molecular flexibility index (Phi) is 12.1. The van der Waals surface area contributed by atoms with Crippen LogP contribution in [0.5, 0.6) is 0 Å². The number of benzene rings is 8. The molecule has 0 atom stereocenters. The smallest absolute Gasteiger partial charge is 0.0466 e. The number of nitrogens with zero attached hydrogens (tertiary/aromatic N) is 3. The molecule has 0 unspecified atom stereocenters. The van der Waals surface area contributed by atoms with Crippen LogP contribution in [0.2, 0.25) is 0 Å². The highest BCUT2D eigenvalue weighted by Crippen LogP contribution is 2.42. The van der Waals surface area contributed by atoms with E-state index in [1.165, 1.54) is 55.6 Å². The molecule has 8 aromatic rings. The highest BCUT2D eigenvalue weighted by Gasteiger charge is 2.19. The molecule has 0 amide bonds. The SMILES string of the molecule is C.Cc1cc(C)cc(N(c2ccc(N(c3ccc(-c4ccccc4)cc3)c3ccc(N(c4cc(C)cc(C)c4)c4cc(C)cc(C)c4)cc3)cc2)c2cc(C)cc(C)c2)c1. The van der Waals surface area contributed by atoms with Gasteiger partial charge in [-0.05, 0) is 220 Å². The highest BCUT2D eigenvalue weighted by atomic mass is 15.2. The standard InChI is InChI=1S/C56H53N3.CH4/c1-38-26-39(2)31-53(30-38)58(54-32-40(3)27-41(4)33-54)51-22-18-49(19-23-51)57(48-16-14-47(15-17-48)46-12-10-9-11-13-46)50-20-24-52(25-21-50)59(55-34-42(5)28-43(6)35-55)56-36-44(7)29-45(8)37-56;/h9-37H,1-8H3;1H4. The van der Waals surface area contributed by atoms with E-state index in [1.807, 2.05) is 0 Å². The van der Waals surface area contributed by atoms with Crippen molar-refractivity contribution >= 4 is 51.2 Å². The average molecular weight is 784 g/mol. The molecule has 8 rings (SSSR count). The molecule has 0 N–H and O–H groups in total. The van der Waals surface area contributed by atoms with Gasteiger partial charge in [0.05, 0.1) is 0 Å². The van der Waals surface area contributed by atoms with Crippen LogP contribution < -0.4 is 14.7 Å². The summed E-state index contributed by atoms with van der Waals surface area (Å²) in [6.07, 6.45) is 0. The first kappa shape index (κ1) is 41.3. The Hall–Kier alpha value is -6.84. The van der Waals surface area contributed by atoms with Crippen molar-refractivity contribution in [3.63, 3.8) is 0 Å². The maximum Gasteiger partial charge on any atom is 0.0466 e. The summed E-state index contributed by atoms with van der Waals surface area (Å²) >= 11 is 0. The maximum absolute atomic E-state index is 2.38. The van der Waals surface area contributed by atoms with Crippen molar-refractivity contribution in [1.29, 1.82) is 0 Å². The monoisotopic (exact) mass is 783 g/mol. The number of hydrogen-bond donors (Lipinski definition) is 0. The molecule has 3 heteroatoms. The normalized spacial score (nSPS) is 10.9. The zero-order valence-electron chi connectivity index (χ0n) is 35.6. The highest BCUT2D eigenvalue weighted by molar-refractivity contribution is 5.84. The summed E-state index contributed by atoms with van der Waals surface area (Å²) in [5.74, 6) is 0. The lowest BCUT2D eigenvalue weighted by atomic mass is 10.0. The molecule has 0 saturated carbocycles. The van der Waals surface area contributed by atoms with E-state index >= 15 is 0 Å². The minimum absolute atomic E-state index is 0. The molecule has 0 aliphatic rings. The van der Waals surface area contributed by atoms with Crippen molar-refractivity contribution in [1.82, 2.24) is 0 Å². The van der Waals surface area contributed by atoms with Crippen LogP contribution in [0.15, 0.2) is 176 Å². The predicted octanol–water partition coefficient (Wildman–Crippen LogP) is 16.9. The van der Waals surface area contributed by atoms with Crippen LogP contribution in [-0.2, 0) is 0 Å². The van der Waals surface area contributed by atoms with Gasteiger partial charge in [0.25, 0.3) is 0 Å². The molecular formula is C57H57N3. The fourth-order valence-electron chi connectivity index (χ4n) is 8.60. The summed E-state index contributed by atoms with van der Waals surface area (Å²) in [7, 11) is 0. The van der Waals surface area contributed by atoms with Crippen LogP contribution in [0.1, 0.15) is 51.9 Å². The lowest BCUT2D eigenvalue weighted by molar-refractivity contribution is 1.22. The summed E-state index contributed by atoms with van der Waals surface area (Å²) in [5, 5.41) is 0. The minimum atomic E-state index is 0. The summed E-state index contributed by atoms with van der Waals surface area (Å²) < 4.78 is 0. The topological polar surface area (TPSA) is 9.72 Å². The molecule has 0 spiro atoms. The van der Waals surface area contributed by atoms with Crippen LogP contribution in [0.25, 0.3) is 11.1 Å². The van der Waals surface area contributed by atoms with Crippen molar-refractivity contribution in [2.24, 2.45) is 0 Å². The molecule has 3 nitrogen and oxygen atoms in total. The van der Waals surface area contributed by atoms with Crippen molar-refractivity contribution in [2.75, 3.05) is 14.7 Å². The van der Waals surface area contributed by atoms with E-state index in [0.717, 1.165) is 51.2 Å². The second-order valence-electron chi connectivity index (χ2n) is 16.3. The Morgan fingerprint density at radius 1 is 0.217 bits per heavy atom. The van der Waals surface area contributed by atoms with E-state index in [2.05, 4.69) is 246 Å². The Morgan fingerprint density at radius 2 is 0.417 bits per heavy atom. The molecule has 0 fully saturated rings. The van der Waals surface area contributed by atoms with Gasteiger partial charge in [0.15, 0.2) is 0 Å². The van der Waals surface area contributed by atoms with Gasteiger partial charge in [0.1, 0.15) is 0 Å². The third-order valence-corrected chi connectivity index (χ3v) is 10.8. The second-order valence-corrected chi connectivity index (χ2v) is 16.3. The molecule has 300 valence electrons. The van der Waals surface area contributed by atoms with Crippen molar-refractivity contribution in [2.45, 2.75) is 62.8 Å². The fraction of sp³-hybridized carbons (Fsp3) is 0.158. The molecule has 0 aromatic heterocycles. The zero-order valence-corrected chi connectivity index (χ0v) is 35.6. The predicted molar refractivity (Wildman–Crippen MR) is 261 cm³/mol. The van der Waals surface area contributed by atoms with Crippen LogP contribution in [0.4, 0.5) is 51.2 Å². The van der Waals surface area contributed by atoms with Crippen LogP contribution in [-0.4, -0.2) is 0 Å². The maximum atomic E-state index is 2.38. The summed E-state index contributed by atoms with van der Waals surface area (Å²) in [6.45, 7) is 17.4. The Balaban J connectivity index is 0.00000544. The van der Waals surface area contributed by atoms with E-state index in [-0.39, 0.29) is 7.43 Å². The molecule has 0 radical (unpaired) electrons. The van der Waals surface area contributed by atoms with Gasteiger partial charge in [-0.25, -0.2) is 0 Å². The molecule has 0 bridgehead atoms. The minimum Gasteiger partial charge on any atom is -0.311 e. The molecule has 8 aromatic carbocycles. The Bertz CT molecular complexity index is 2400. The molecule has 0 saturated heterocycles. The summed E-state index contributed by atoms with van der Waals surface area (Å²) in [6, 6.07) is 64.7. The van der Waals surface area contributed by atoms with Crippen molar-refractivity contribution < 1.29 is 0 Å². The fourth-order valence-corrected chi connectivity index (χ4v) is 8.60. The van der Waals surface area contributed by atoms with Crippen LogP contribution in [0.3, 0.4) is 0 Å². The first-order valence-corrected chi connectivity index (χ1v) is 20.6. The Morgan fingerprint density at radius 3 is 0.667 bits per heavy atom. The lowest BCUT2D eigenvalue weighted by Gasteiger charge is -2.30. The van der Waals surface area contributed by atoms with Crippen LogP contribution >= 0.6 is 0 Å². The Labute approximate surface area is 358 Å². The number of aryl methyl sites for hydroxylation is 8. The van der Waals surface area contributed by atoms with Crippen LogP contribution in [0, 0.1) is 55.4 Å². The first-order valence-electron chi connectivity index (χ1n) is 20.6. The zero-order chi connectivity index (χ0) is 41.2. The number of hydrogen-bond acceptors (Lipinski definition) is 3. The van der Waals surface area contributed by atoms with Gasteiger partial charge < -0.3 is 14.7 Å². The first-order chi connectivity index (χ1) is 28.5. The molecule has 0 heterocycles. The van der Waals surface area contributed by atoms with Gasteiger partial charge in [-0.3, -0.25) is 0 Å². The third-order valence-electron chi connectivity index (χ3n) is 10.8. The average Bonchev–Trinajstić information content (AvgIpc) is 3.19. The summed E-state index contributed by atoms with van der Waals surface area (Å²) in [4.78, 5) is 7.12. The second kappa shape index (κ2) is 17.6. The summed E-state index contributed by atoms with van der Waals surface area (Å²) in [5.41, 5.74) is 22.4. The number of rotatable bonds is 10. The van der Waals surface area contributed by atoms with Gasteiger partial charge in [-0.15, -0.1) is 0 Å². The van der Waals surface area contributed by atoms with E-state index in [9.17, 15) is 0 Å². The van der Waals surface area contributed by atoms with E-state index < -0.39 is 0 Å². The molecule has 0 aliphatic heterocycles. The quantitative estimate of drug-likeness (QED) is 0.137. The molecule has 0 aliphatic carbocycles. The molecular weight excluding hydrogens is 727 g/mol. The van der Waals surface area contributed by atoms with Crippen molar-refractivity contribution in [3.8, 4) is 11.1 Å². The van der Waals surface area contributed by atoms with Gasteiger partial charge in [-0.2, -0.15) is 0 Å². The van der Waals surface area contributed by atoms with E-state index in [0.29, 0.717) is 0 Å². The van der Waals surface area contributed by atoms with E-state index in [1.54, 1.807) is 0 Å². The van der Waals surface area contributed by atoms with Gasteiger partial charge in [0.2, 0.25) is 0 Å². The van der Waals surface area contributed by atoms with Gasteiger partial charge >= 0.3 is 0 Å². The molecule has 60 heavy (non-hydrogen) atoms. The van der Waals surface area contributed by atoms with E-state index in [4.69, 9.17) is 0 Å². The number of anilines is 9. The van der Waals surface area contributed by atoms with Gasteiger partial charge in [-0.1, -0.05) is 74.2 Å². The largest absolute Gasteiger partial charge is 0.311 e. The van der Waals surface area contributed by atoms with Gasteiger partial charge in [0, 0.05) is 51.2 Å². The lowest BCUT2D eigenvalue weighted by Crippen LogP contribution is -2.13. The van der Waals surface area contributed by atoms with Crippen molar-refractivity contribution in [3.05, 3.63) is 220 Å². The third kappa shape index (κ3) is 9.07.